The van der Waals surface area contributed by atoms with Gasteiger partial charge in [0.25, 0.3) is 0 Å². The molecule has 1 aliphatic heterocycles. The molecule has 0 fully saturated rings. The first-order valence-electron chi connectivity index (χ1n) is 12.1. The Morgan fingerprint density at radius 1 is 1.03 bits per heavy atom. The van der Waals surface area contributed by atoms with Crippen LogP contribution in [0, 0.1) is 6.92 Å². The van der Waals surface area contributed by atoms with Gasteiger partial charge in [0.1, 0.15) is 11.5 Å². The molecule has 4 rings (SSSR count). The molecule has 3 aromatic carbocycles. The maximum atomic E-state index is 13.8. The van der Waals surface area contributed by atoms with Crippen molar-refractivity contribution in [2.45, 2.75) is 24.3 Å². The Labute approximate surface area is 222 Å². The molecule has 1 heterocycles. The summed E-state index contributed by atoms with van der Waals surface area (Å²) in [5.41, 5.74) is 2.05. The minimum absolute atomic E-state index is 0.0616. The lowest BCUT2D eigenvalue weighted by Gasteiger charge is -2.34. The third-order valence-corrected chi connectivity index (χ3v) is 8.19. The number of sulfonamides is 1. The molecule has 0 saturated carbocycles. The molecule has 0 saturated heterocycles. The SMILES string of the molecule is COC(=O)[C@H]1CN(C(=O)CN(CCc2ccccc2)S(=O)(=O)c2ccc(OC)c(C)c2)c2ccccc2O1. The van der Waals surface area contributed by atoms with E-state index < -0.39 is 34.5 Å². The molecule has 0 unspecified atom stereocenters. The van der Waals surface area contributed by atoms with Crippen LogP contribution < -0.4 is 14.4 Å². The number of para-hydroxylation sites is 2. The van der Waals surface area contributed by atoms with E-state index in [9.17, 15) is 18.0 Å². The second-order valence-corrected chi connectivity index (χ2v) is 10.7. The van der Waals surface area contributed by atoms with E-state index in [0.29, 0.717) is 29.2 Å². The molecule has 0 radical (unpaired) electrons. The minimum Gasteiger partial charge on any atom is -0.496 e. The number of carbonyl (C=O) groups excluding carboxylic acids is 2. The molecule has 0 N–H and O–H groups in total. The smallest absolute Gasteiger partial charge is 0.348 e. The lowest BCUT2D eigenvalue weighted by molar-refractivity contribution is -0.148. The van der Waals surface area contributed by atoms with Crippen molar-refractivity contribution in [3.05, 3.63) is 83.9 Å². The van der Waals surface area contributed by atoms with Crippen molar-refractivity contribution < 1.29 is 32.2 Å². The summed E-state index contributed by atoms with van der Waals surface area (Å²) in [6.45, 7) is 1.31. The van der Waals surface area contributed by atoms with Gasteiger partial charge < -0.3 is 19.1 Å². The molecule has 3 aromatic rings. The van der Waals surface area contributed by atoms with E-state index in [1.54, 1.807) is 37.3 Å². The summed E-state index contributed by atoms with van der Waals surface area (Å²) in [6.07, 6.45) is -0.620. The fraction of sp³-hybridized carbons (Fsp3) is 0.286. The number of amides is 1. The van der Waals surface area contributed by atoms with Gasteiger partial charge >= 0.3 is 5.97 Å². The van der Waals surface area contributed by atoms with Crippen LogP contribution in [0.4, 0.5) is 5.69 Å². The molecule has 1 amide bonds. The molecular formula is C28H30N2O7S. The Hall–Kier alpha value is -3.89. The molecule has 200 valence electrons. The number of rotatable bonds is 9. The maximum Gasteiger partial charge on any atom is 0.348 e. The molecule has 0 aliphatic carbocycles. The van der Waals surface area contributed by atoms with Gasteiger partial charge in [-0.25, -0.2) is 13.2 Å². The van der Waals surface area contributed by atoms with Crippen molar-refractivity contribution in [1.82, 2.24) is 4.31 Å². The molecule has 0 spiro atoms. The van der Waals surface area contributed by atoms with E-state index in [2.05, 4.69) is 0 Å². The van der Waals surface area contributed by atoms with Gasteiger partial charge in [-0.3, -0.25) is 4.79 Å². The zero-order chi connectivity index (χ0) is 27.3. The Morgan fingerprint density at radius 2 is 1.74 bits per heavy atom. The molecule has 1 atom stereocenters. The summed E-state index contributed by atoms with van der Waals surface area (Å²) in [6, 6.07) is 20.9. The monoisotopic (exact) mass is 538 g/mol. The van der Waals surface area contributed by atoms with Crippen molar-refractivity contribution in [3.8, 4) is 11.5 Å². The number of ether oxygens (including phenoxy) is 3. The summed E-state index contributed by atoms with van der Waals surface area (Å²) >= 11 is 0. The number of methoxy groups -OCH3 is 2. The molecule has 1 aliphatic rings. The molecule has 10 heteroatoms. The van der Waals surface area contributed by atoms with Gasteiger partial charge in [0.05, 0.1) is 37.9 Å². The van der Waals surface area contributed by atoms with Gasteiger partial charge in [0.2, 0.25) is 22.0 Å². The number of hydrogen-bond acceptors (Lipinski definition) is 7. The standard InChI is InChI=1S/C28H30N2O7S/c1-20-17-22(13-14-24(20)35-2)38(33,34)29(16-15-21-9-5-4-6-10-21)19-27(31)30-18-26(28(32)36-3)37-25-12-8-7-11-23(25)30/h4-14,17,26H,15-16,18-19H2,1-3H3/t26-/m1/s1. The number of carbonyl (C=O) groups is 2. The first-order valence-corrected chi connectivity index (χ1v) is 13.5. The number of fused-ring (bicyclic) bond motifs is 1. The van der Waals surface area contributed by atoms with Crippen LogP contribution in [-0.2, 0) is 30.8 Å². The highest BCUT2D eigenvalue weighted by Crippen LogP contribution is 2.34. The fourth-order valence-electron chi connectivity index (χ4n) is 4.30. The van der Waals surface area contributed by atoms with Crippen LogP contribution in [0.3, 0.4) is 0 Å². The number of aryl methyl sites for hydroxylation is 1. The number of benzene rings is 3. The largest absolute Gasteiger partial charge is 0.496 e. The second-order valence-electron chi connectivity index (χ2n) is 8.81. The van der Waals surface area contributed by atoms with Gasteiger partial charge in [0.15, 0.2) is 0 Å². The lowest BCUT2D eigenvalue weighted by atomic mass is 10.1. The molecule has 0 bridgehead atoms. The minimum atomic E-state index is -4.06. The number of esters is 1. The first-order chi connectivity index (χ1) is 18.2. The van der Waals surface area contributed by atoms with Crippen molar-refractivity contribution in [2.24, 2.45) is 0 Å². The highest BCUT2D eigenvalue weighted by Gasteiger charge is 2.36. The average molecular weight is 539 g/mol. The fourth-order valence-corrected chi connectivity index (χ4v) is 5.78. The third kappa shape index (κ3) is 5.81. The highest BCUT2D eigenvalue weighted by molar-refractivity contribution is 7.89. The lowest BCUT2D eigenvalue weighted by Crippen LogP contribution is -2.51. The summed E-state index contributed by atoms with van der Waals surface area (Å²) in [4.78, 5) is 27.4. The second kappa shape index (κ2) is 11.7. The van der Waals surface area contributed by atoms with Crippen LogP contribution in [-0.4, -0.2) is 64.6 Å². The summed E-state index contributed by atoms with van der Waals surface area (Å²) in [5.74, 6) is -0.210. The Morgan fingerprint density at radius 3 is 2.42 bits per heavy atom. The van der Waals surface area contributed by atoms with Crippen molar-refractivity contribution >= 4 is 27.6 Å². The predicted molar refractivity (Wildman–Crippen MR) is 142 cm³/mol. The van der Waals surface area contributed by atoms with Crippen LogP contribution in [0.25, 0.3) is 0 Å². The third-order valence-electron chi connectivity index (χ3n) is 6.35. The summed E-state index contributed by atoms with van der Waals surface area (Å²) in [7, 11) is -1.30. The van der Waals surface area contributed by atoms with Crippen LogP contribution >= 0.6 is 0 Å². The Kier molecular flexibility index (Phi) is 8.33. The zero-order valence-electron chi connectivity index (χ0n) is 21.5. The molecule has 38 heavy (non-hydrogen) atoms. The van der Waals surface area contributed by atoms with Gasteiger partial charge in [-0.2, -0.15) is 4.31 Å². The van der Waals surface area contributed by atoms with E-state index in [1.807, 2.05) is 30.3 Å². The van der Waals surface area contributed by atoms with E-state index in [4.69, 9.17) is 14.2 Å². The number of nitrogens with zero attached hydrogens (tertiary/aromatic N) is 2. The van der Waals surface area contributed by atoms with Gasteiger partial charge in [-0.15, -0.1) is 0 Å². The van der Waals surface area contributed by atoms with Crippen LogP contribution in [0.5, 0.6) is 11.5 Å². The normalized spacial score (nSPS) is 14.9. The van der Waals surface area contributed by atoms with E-state index in [0.717, 1.165) is 5.56 Å². The van der Waals surface area contributed by atoms with E-state index in [-0.39, 0.29) is 18.0 Å². The molecular weight excluding hydrogens is 508 g/mol. The van der Waals surface area contributed by atoms with E-state index >= 15 is 0 Å². The Bertz CT molecular complexity index is 1410. The quantitative estimate of drug-likeness (QED) is 0.386. The summed E-state index contributed by atoms with van der Waals surface area (Å²) < 4.78 is 44.6. The van der Waals surface area contributed by atoms with Crippen molar-refractivity contribution in [3.63, 3.8) is 0 Å². The van der Waals surface area contributed by atoms with Crippen molar-refractivity contribution in [1.29, 1.82) is 0 Å². The van der Waals surface area contributed by atoms with E-state index in [1.165, 1.54) is 35.6 Å². The predicted octanol–water partition coefficient (Wildman–Crippen LogP) is 3.20. The zero-order valence-corrected chi connectivity index (χ0v) is 22.3. The highest BCUT2D eigenvalue weighted by atomic mass is 32.2. The average Bonchev–Trinajstić information content (AvgIpc) is 2.94. The van der Waals surface area contributed by atoms with Crippen LogP contribution in [0.2, 0.25) is 0 Å². The first kappa shape index (κ1) is 27.2. The molecule has 9 nitrogen and oxygen atoms in total. The Balaban J connectivity index is 1.66. The number of anilines is 1. The van der Waals surface area contributed by atoms with Crippen molar-refractivity contribution in [2.75, 3.05) is 38.8 Å². The van der Waals surface area contributed by atoms with Gasteiger partial charge in [0, 0.05) is 6.54 Å². The van der Waals surface area contributed by atoms with Gasteiger partial charge in [-0.1, -0.05) is 42.5 Å². The number of hydrogen-bond donors (Lipinski definition) is 0. The topological polar surface area (TPSA) is 102 Å². The van der Waals surface area contributed by atoms with Crippen LogP contribution in [0.1, 0.15) is 11.1 Å². The molecule has 0 aromatic heterocycles. The summed E-state index contributed by atoms with van der Waals surface area (Å²) in [5, 5.41) is 0. The van der Waals surface area contributed by atoms with Gasteiger partial charge in [-0.05, 0) is 54.8 Å². The maximum absolute atomic E-state index is 13.8. The van der Waals surface area contributed by atoms with Crippen LogP contribution in [0.15, 0.2) is 77.7 Å².